The number of hydrogen-bond donors (Lipinski definition) is 1. The Morgan fingerprint density at radius 1 is 1.33 bits per heavy atom. The molecular formula is C12H18FNO. The Morgan fingerprint density at radius 3 is 2.60 bits per heavy atom. The number of halogens is 1. The molecule has 0 aliphatic carbocycles. The maximum atomic E-state index is 13.3. The van der Waals surface area contributed by atoms with Crippen molar-refractivity contribution >= 4 is 5.69 Å². The zero-order valence-electron chi connectivity index (χ0n) is 9.51. The number of ether oxygens (including phenoxy) is 1. The van der Waals surface area contributed by atoms with Crippen LogP contribution in [0.2, 0.25) is 0 Å². The molecule has 1 aromatic carbocycles. The molecule has 3 heteroatoms. The highest BCUT2D eigenvalue weighted by Crippen LogP contribution is 2.24. The standard InChI is InChI=1S/C12H18FNO/c1-4-15-11-8-6-5-7-10(11)14-9-12(2,3)13/h5-8,14H,4,9H2,1-3H3. The molecule has 0 aliphatic rings. The Labute approximate surface area is 90.4 Å². The lowest BCUT2D eigenvalue weighted by molar-refractivity contribution is 0.234. The van der Waals surface area contributed by atoms with E-state index in [9.17, 15) is 4.39 Å². The van der Waals surface area contributed by atoms with Crippen LogP contribution in [0, 0.1) is 0 Å². The van der Waals surface area contributed by atoms with E-state index in [1.54, 1.807) is 13.8 Å². The van der Waals surface area contributed by atoms with Crippen molar-refractivity contribution in [3.63, 3.8) is 0 Å². The van der Waals surface area contributed by atoms with Crippen LogP contribution in [0.25, 0.3) is 0 Å². The molecule has 0 atom stereocenters. The number of rotatable bonds is 5. The summed E-state index contributed by atoms with van der Waals surface area (Å²) in [5.74, 6) is 0.768. The third kappa shape index (κ3) is 4.19. The summed E-state index contributed by atoms with van der Waals surface area (Å²) in [7, 11) is 0. The predicted molar refractivity (Wildman–Crippen MR) is 61.3 cm³/mol. The Bertz CT molecular complexity index is 307. The fourth-order valence-corrected chi connectivity index (χ4v) is 1.20. The van der Waals surface area contributed by atoms with Crippen LogP contribution in [-0.4, -0.2) is 18.8 Å². The topological polar surface area (TPSA) is 21.3 Å². The lowest BCUT2D eigenvalue weighted by atomic mass is 10.1. The van der Waals surface area contributed by atoms with E-state index in [1.165, 1.54) is 0 Å². The Morgan fingerprint density at radius 2 is 2.00 bits per heavy atom. The molecule has 0 saturated carbocycles. The van der Waals surface area contributed by atoms with Crippen molar-refractivity contribution in [2.45, 2.75) is 26.4 Å². The van der Waals surface area contributed by atoms with Crippen LogP contribution in [0.3, 0.4) is 0 Å². The van der Waals surface area contributed by atoms with Crippen LogP contribution < -0.4 is 10.1 Å². The molecule has 1 rings (SSSR count). The summed E-state index contributed by atoms with van der Waals surface area (Å²) in [5, 5.41) is 3.04. The zero-order valence-corrected chi connectivity index (χ0v) is 9.51. The molecule has 1 N–H and O–H groups in total. The Hall–Kier alpha value is -1.25. The van der Waals surface area contributed by atoms with Gasteiger partial charge in [0.05, 0.1) is 12.3 Å². The number of hydrogen-bond acceptors (Lipinski definition) is 2. The van der Waals surface area contributed by atoms with Crippen LogP contribution >= 0.6 is 0 Å². The van der Waals surface area contributed by atoms with Crippen LogP contribution in [0.15, 0.2) is 24.3 Å². The van der Waals surface area contributed by atoms with Crippen molar-refractivity contribution in [1.82, 2.24) is 0 Å². The van der Waals surface area contributed by atoms with Crippen molar-refractivity contribution in [3.8, 4) is 5.75 Å². The van der Waals surface area contributed by atoms with Crippen molar-refractivity contribution in [3.05, 3.63) is 24.3 Å². The molecule has 84 valence electrons. The Balaban J connectivity index is 2.67. The van der Waals surface area contributed by atoms with Crippen LogP contribution in [0.4, 0.5) is 10.1 Å². The number of para-hydroxylation sites is 2. The first-order valence-electron chi connectivity index (χ1n) is 5.17. The third-order valence-electron chi connectivity index (χ3n) is 1.89. The predicted octanol–water partition coefficient (Wildman–Crippen LogP) is 3.25. The van der Waals surface area contributed by atoms with Gasteiger partial charge >= 0.3 is 0 Å². The molecule has 0 fully saturated rings. The van der Waals surface area contributed by atoms with Gasteiger partial charge in [-0.25, -0.2) is 4.39 Å². The first-order chi connectivity index (χ1) is 7.03. The number of nitrogens with one attached hydrogen (secondary N) is 1. The highest BCUT2D eigenvalue weighted by atomic mass is 19.1. The monoisotopic (exact) mass is 211 g/mol. The summed E-state index contributed by atoms with van der Waals surface area (Å²) in [4.78, 5) is 0. The number of anilines is 1. The van der Waals surface area contributed by atoms with E-state index >= 15 is 0 Å². The van der Waals surface area contributed by atoms with Gasteiger partial charge in [0.2, 0.25) is 0 Å². The van der Waals surface area contributed by atoms with E-state index in [0.29, 0.717) is 6.61 Å². The van der Waals surface area contributed by atoms with E-state index in [1.807, 2.05) is 31.2 Å². The van der Waals surface area contributed by atoms with Crippen molar-refractivity contribution in [2.24, 2.45) is 0 Å². The second-order valence-corrected chi connectivity index (χ2v) is 4.00. The van der Waals surface area contributed by atoms with Crippen LogP contribution in [0.1, 0.15) is 20.8 Å². The Kier molecular flexibility index (Phi) is 3.95. The number of alkyl halides is 1. The summed E-state index contributed by atoms with van der Waals surface area (Å²) < 4.78 is 18.7. The molecule has 1 aromatic rings. The van der Waals surface area contributed by atoms with Gasteiger partial charge in [0.1, 0.15) is 11.4 Å². The normalized spacial score (nSPS) is 11.2. The van der Waals surface area contributed by atoms with Crippen LogP contribution in [0.5, 0.6) is 5.75 Å². The second-order valence-electron chi connectivity index (χ2n) is 4.00. The van der Waals surface area contributed by atoms with Crippen molar-refractivity contribution in [1.29, 1.82) is 0 Å². The lowest BCUT2D eigenvalue weighted by Crippen LogP contribution is -2.24. The van der Waals surface area contributed by atoms with Gasteiger partial charge in [-0.3, -0.25) is 0 Å². The van der Waals surface area contributed by atoms with E-state index in [4.69, 9.17) is 4.74 Å². The third-order valence-corrected chi connectivity index (χ3v) is 1.89. The van der Waals surface area contributed by atoms with Crippen molar-refractivity contribution < 1.29 is 9.13 Å². The molecule has 0 spiro atoms. The van der Waals surface area contributed by atoms with Gasteiger partial charge in [-0.15, -0.1) is 0 Å². The quantitative estimate of drug-likeness (QED) is 0.807. The SMILES string of the molecule is CCOc1ccccc1NCC(C)(C)F. The molecule has 15 heavy (non-hydrogen) atoms. The van der Waals surface area contributed by atoms with E-state index in [0.717, 1.165) is 11.4 Å². The lowest BCUT2D eigenvalue weighted by Gasteiger charge is -2.17. The minimum atomic E-state index is -1.22. The smallest absolute Gasteiger partial charge is 0.142 e. The minimum Gasteiger partial charge on any atom is -0.492 e. The maximum absolute atomic E-state index is 13.3. The largest absolute Gasteiger partial charge is 0.492 e. The van der Waals surface area contributed by atoms with E-state index in [2.05, 4.69) is 5.32 Å². The molecule has 2 nitrogen and oxygen atoms in total. The van der Waals surface area contributed by atoms with Gasteiger partial charge in [-0.2, -0.15) is 0 Å². The number of benzene rings is 1. The van der Waals surface area contributed by atoms with Gasteiger partial charge in [0.15, 0.2) is 0 Å². The second kappa shape index (κ2) is 5.01. The van der Waals surface area contributed by atoms with Gasteiger partial charge in [-0.1, -0.05) is 12.1 Å². The summed E-state index contributed by atoms with van der Waals surface area (Å²) in [6.45, 7) is 5.90. The van der Waals surface area contributed by atoms with Crippen LogP contribution in [-0.2, 0) is 0 Å². The zero-order chi connectivity index (χ0) is 11.3. The maximum Gasteiger partial charge on any atom is 0.142 e. The summed E-state index contributed by atoms with van der Waals surface area (Å²) in [6.07, 6.45) is 0. The molecule has 0 aliphatic heterocycles. The molecule has 0 amide bonds. The molecule has 0 bridgehead atoms. The van der Waals surface area contributed by atoms with Gasteiger partial charge in [0, 0.05) is 6.54 Å². The summed E-state index contributed by atoms with van der Waals surface area (Å²) in [5.41, 5.74) is -0.385. The molecule has 0 saturated heterocycles. The van der Waals surface area contributed by atoms with Gasteiger partial charge in [-0.05, 0) is 32.9 Å². The molecule has 0 aromatic heterocycles. The highest BCUT2D eigenvalue weighted by Gasteiger charge is 2.15. The van der Waals surface area contributed by atoms with Crippen molar-refractivity contribution in [2.75, 3.05) is 18.5 Å². The summed E-state index contributed by atoms with van der Waals surface area (Å²) >= 11 is 0. The molecule has 0 heterocycles. The van der Waals surface area contributed by atoms with E-state index in [-0.39, 0.29) is 6.54 Å². The molecular weight excluding hydrogens is 193 g/mol. The summed E-state index contributed by atoms with van der Waals surface area (Å²) in [6, 6.07) is 7.56. The fourth-order valence-electron chi connectivity index (χ4n) is 1.20. The molecule has 0 unspecified atom stereocenters. The fraction of sp³-hybridized carbons (Fsp3) is 0.500. The first-order valence-corrected chi connectivity index (χ1v) is 5.17. The average Bonchev–Trinajstić information content (AvgIpc) is 2.16. The van der Waals surface area contributed by atoms with Gasteiger partial charge < -0.3 is 10.1 Å². The van der Waals surface area contributed by atoms with Gasteiger partial charge in [0.25, 0.3) is 0 Å². The molecule has 0 radical (unpaired) electrons. The minimum absolute atomic E-state index is 0.275. The first kappa shape index (κ1) is 11.8. The van der Waals surface area contributed by atoms with E-state index < -0.39 is 5.67 Å². The highest BCUT2D eigenvalue weighted by molar-refractivity contribution is 5.56. The average molecular weight is 211 g/mol.